The fourth-order valence-corrected chi connectivity index (χ4v) is 1.84. The summed E-state index contributed by atoms with van der Waals surface area (Å²) in [4.78, 5) is 8.25. The standard InChI is InChI=1S/C12H11BrN2O2/c1-8-14-11(13)6-12(15-8)17-10-4-2-3-9(5-10)7-16/h2-6,16H,7H2,1H3. The van der Waals surface area contributed by atoms with E-state index in [-0.39, 0.29) is 6.61 Å². The second-order valence-corrected chi connectivity index (χ2v) is 4.30. The zero-order valence-electron chi connectivity index (χ0n) is 9.22. The van der Waals surface area contributed by atoms with Crippen molar-refractivity contribution in [3.05, 3.63) is 46.3 Å². The number of aromatic nitrogens is 2. The van der Waals surface area contributed by atoms with Crippen LogP contribution in [0.1, 0.15) is 11.4 Å². The van der Waals surface area contributed by atoms with Crippen molar-refractivity contribution in [3.8, 4) is 11.6 Å². The maximum atomic E-state index is 9.03. The molecule has 1 heterocycles. The topological polar surface area (TPSA) is 55.2 Å². The van der Waals surface area contributed by atoms with Gasteiger partial charge in [0.2, 0.25) is 5.88 Å². The number of rotatable bonds is 3. The lowest BCUT2D eigenvalue weighted by molar-refractivity contribution is 0.281. The largest absolute Gasteiger partial charge is 0.439 e. The Balaban J connectivity index is 2.24. The fourth-order valence-electron chi connectivity index (χ4n) is 1.39. The predicted octanol–water partition coefficient (Wildman–Crippen LogP) is 2.83. The van der Waals surface area contributed by atoms with E-state index in [1.165, 1.54) is 0 Å². The first-order chi connectivity index (χ1) is 8.17. The second-order valence-electron chi connectivity index (χ2n) is 3.48. The lowest BCUT2D eigenvalue weighted by Crippen LogP contribution is -1.94. The molecule has 1 aromatic heterocycles. The van der Waals surface area contributed by atoms with Gasteiger partial charge in [0.15, 0.2) is 0 Å². The van der Waals surface area contributed by atoms with Gasteiger partial charge in [-0.2, -0.15) is 4.98 Å². The number of ether oxygens (including phenoxy) is 1. The van der Waals surface area contributed by atoms with Crippen molar-refractivity contribution in [2.75, 3.05) is 0 Å². The highest BCUT2D eigenvalue weighted by molar-refractivity contribution is 9.10. The average molecular weight is 295 g/mol. The van der Waals surface area contributed by atoms with Gasteiger partial charge in [0, 0.05) is 6.07 Å². The molecule has 0 amide bonds. The van der Waals surface area contributed by atoms with E-state index in [2.05, 4.69) is 25.9 Å². The van der Waals surface area contributed by atoms with E-state index in [1.807, 2.05) is 18.2 Å². The normalized spacial score (nSPS) is 10.3. The van der Waals surface area contributed by atoms with Crippen LogP contribution in [0.25, 0.3) is 0 Å². The second kappa shape index (κ2) is 5.25. The maximum absolute atomic E-state index is 9.03. The summed E-state index contributed by atoms with van der Waals surface area (Å²) in [5.74, 6) is 1.74. The molecule has 0 saturated carbocycles. The van der Waals surface area contributed by atoms with Gasteiger partial charge in [-0.3, -0.25) is 0 Å². The molecule has 0 atom stereocenters. The van der Waals surface area contributed by atoms with Gasteiger partial charge in [-0.15, -0.1) is 0 Å². The lowest BCUT2D eigenvalue weighted by Gasteiger charge is -2.06. The molecule has 0 saturated heterocycles. The van der Waals surface area contributed by atoms with Crippen LogP contribution < -0.4 is 4.74 Å². The minimum absolute atomic E-state index is 0.0102. The van der Waals surface area contributed by atoms with E-state index in [9.17, 15) is 0 Å². The Morgan fingerprint density at radius 2 is 2.12 bits per heavy atom. The Morgan fingerprint density at radius 1 is 1.29 bits per heavy atom. The summed E-state index contributed by atoms with van der Waals surface area (Å²) in [6, 6.07) is 8.92. The van der Waals surface area contributed by atoms with Crippen molar-refractivity contribution in [3.63, 3.8) is 0 Å². The van der Waals surface area contributed by atoms with Gasteiger partial charge in [0.1, 0.15) is 16.2 Å². The molecule has 4 nitrogen and oxygen atoms in total. The molecule has 88 valence electrons. The summed E-state index contributed by atoms with van der Waals surface area (Å²) in [6.45, 7) is 1.78. The van der Waals surface area contributed by atoms with Crippen molar-refractivity contribution in [2.45, 2.75) is 13.5 Å². The summed E-state index contributed by atoms with van der Waals surface area (Å²) in [7, 11) is 0. The molecular weight excluding hydrogens is 284 g/mol. The van der Waals surface area contributed by atoms with E-state index in [1.54, 1.807) is 19.1 Å². The Labute approximate surface area is 107 Å². The summed E-state index contributed by atoms with van der Waals surface area (Å²) in [6.07, 6.45) is 0. The highest BCUT2D eigenvalue weighted by Crippen LogP contribution is 2.22. The number of nitrogens with zero attached hydrogens (tertiary/aromatic N) is 2. The van der Waals surface area contributed by atoms with Crippen molar-refractivity contribution >= 4 is 15.9 Å². The molecule has 0 aliphatic heterocycles. The van der Waals surface area contributed by atoms with Gasteiger partial charge >= 0.3 is 0 Å². The summed E-state index contributed by atoms with van der Waals surface area (Å²) < 4.78 is 6.27. The number of aliphatic hydroxyl groups excluding tert-OH is 1. The molecule has 0 aliphatic rings. The number of hydrogen-bond acceptors (Lipinski definition) is 4. The molecule has 1 N–H and O–H groups in total. The van der Waals surface area contributed by atoms with Crippen molar-refractivity contribution in [1.29, 1.82) is 0 Å². The Bertz CT molecular complexity index is 511. The molecule has 2 rings (SSSR count). The van der Waals surface area contributed by atoms with Crippen LogP contribution in [0.15, 0.2) is 34.9 Å². The van der Waals surface area contributed by atoms with Crippen LogP contribution >= 0.6 is 15.9 Å². The first kappa shape index (κ1) is 12.0. The molecule has 1 aromatic carbocycles. The zero-order chi connectivity index (χ0) is 12.3. The van der Waals surface area contributed by atoms with Crippen LogP contribution in [0, 0.1) is 6.92 Å². The predicted molar refractivity (Wildman–Crippen MR) is 66.9 cm³/mol. The van der Waals surface area contributed by atoms with E-state index in [0.717, 1.165) is 5.56 Å². The number of aryl methyl sites for hydroxylation is 1. The molecule has 2 aromatic rings. The van der Waals surface area contributed by atoms with Crippen LogP contribution in [-0.2, 0) is 6.61 Å². The van der Waals surface area contributed by atoms with Gasteiger partial charge in [-0.25, -0.2) is 4.98 Å². The quantitative estimate of drug-likeness (QED) is 0.885. The SMILES string of the molecule is Cc1nc(Br)cc(Oc2cccc(CO)c2)n1. The third kappa shape index (κ3) is 3.25. The minimum atomic E-state index is -0.0102. The molecule has 0 bridgehead atoms. The Morgan fingerprint density at radius 3 is 2.82 bits per heavy atom. The highest BCUT2D eigenvalue weighted by atomic mass is 79.9. The summed E-state index contributed by atoms with van der Waals surface area (Å²) in [5.41, 5.74) is 0.798. The zero-order valence-corrected chi connectivity index (χ0v) is 10.8. The summed E-state index contributed by atoms with van der Waals surface area (Å²) >= 11 is 3.28. The Hall–Kier alpha value is -1.46. The maximum Gasteiger partial charge on any atom is 0.223 e. The summed E-state index contributed by atoms with van der Waals surface area (Å²) in [5, 5.41) is 9.03. The highest BCUT2D eigenvalue weighted by Gasteiger charge is 2.03. The lowest BCUT2D eigenvalue weighted by atomic mass is 10.2. The Kier molecular flexibility index (Phi) is 3.71. The molecule has 0 spiro atoms. The van der Waals surface area contributed by atoms with Gasteiger partial charge < -0.3 is 9.84 Å². The molecule has 0 radical (unpaired) electrons. The number of hydrogen-bond donors (Lipinski definition) is 1. The van der Waals surface area contributed by atoms with Crippen LogP contribution in [-0.4, -0.2) is 15.1 Å². The number of halogens is 1. The van der Waals surface area contributed by atoms with E-state index in [0.29, 0.717) is 22.1 Å². The van der Waals surface area contributed by atoms with E-state index < -0.39 is 0 Å². The van der Waals surface area contributed by atoms with Crippen LogP contribution in [0.5, 0.6) is 11.6 Å². The smallest absolute Gasteiger partial charge is 0.223 e. The molecule has 0 aliphatic carbocycles. The molecular formula is C12H11BrN2O2. The minimum Gasteiger partial charge on any atom is -0.439 e. The fraction of sp³-hybridized carbons (Fsp3) is 0.167. The molecule has 0 unspecified atom stereocenters. The monoisotopic (exact) mass is 294 g/mol. The third-order valence-corrected chi connectivity index (χ3v) is 2.49. The number of aliphatic hydroxyl groups is 1. The number of benzene rings is 1. The first-order valence-electron chi connectivity index (χ1n) is 5.06. The first-order valence-corrected chi connectivity index (χ1v) is 5.85. The van der Waals surface area contributed by atoms with Crippen molar-refractivity contribution in [2.24, 2.45) is 0 Å². The van der Waals surface area contributed by atoms with Gasteiger partial charge in [0.25, 0.3) is 0 Å². The molecule has 0 fully saturated rings. The van der Waals surface area contributed by atoms with E-state index in [4.69, 9.17) is 9.84 Å². The van der Waals surface area contributed by atoms with Crippen molar-refractivity contribution in [1.82, 2.24) is 9.97 Å². The van der Waals surface area contributed by atoms with Crippen LogP contribution in [0.3, 0.4) is 0 Å². The average Bonchev–Trinajstić information content (AvgIpc) is 2.28. The van der Waals surface area contributed by atoms with Gasteiger partial charge in [-0.1, -0.05) is 12.1 Å². The van der Waals surface area contributed by atoms with E-state index >= 15 is 0 Å². The van der Waals surface area contributed by atoms with Crippen LogP contribution in [0.4, 0.5) is 0 Å². The van der Waals surface area contributed by atoms with Gasteiger partial charge in [0.05, 0.1) is 6.61 Å². The van der Waals surface area contributed by atoms with Crippen LogP contribution in [0.2, 0.25) is 0 Å². The van der Waals surface area contributed by atoms with Crippen molar-refractivity contribution < 1.29 is 9.84 Å². The molecule has 17 heavy (non-hydrogen) atoms. The molecule has 5 heteroatoms. The third-order valence-electron chi connectivity index (χ3n) is 2.09. The van der Waals surface area contributed by atoms with Gasteiger partial charge in [-0.05, 0) is 40.5 Å².